The van der Waals surface area contributed by atoms with Crippen LogP contribution in [0.4, 0.5) is 8.78 Å². The molecule has 0 spiro atoms. The van der Waals surface area contributed by atoms with Crippen LogP contribution in [0, 0.1) is 29.4 Å². The predicted molar refractivity (Wildman–Crippen MR) is 70.4 cm³/mol. The van der Waals surface area contributed by atoms with Crippen molar-refractivity contribution in [3.63, 3.8) is 0 Å². The molecular weight excluding hydrogens is 296 g/mol. The quantitative estimate of drug-likeness (QED) is 0.821. The topological polar surface area (TPSA) is 89.6 Å². The number of benzene rings is 1. The van der Waals surface area contributed by atoms with Gasteiger partial charge in [0.2, 0.25) is 0 Å². The highest BCUT2D eigenvalue weighted by Gasteiger charge is 2.70. The molecular formula is C15H15F2NO4. The lowest BCUT2D eigenvalue weighted by molar-refractivity contribution is -0.153. The minimum Gasteiger partial charge on any atom is -0.481 e. The van der Waals surface area contributed by atoms with Gasteiger partial charge in [0.15, 0.2) is 0 Å². The molecule has 0 aliphatic heterocycles. The second-order valence-electron chi connectivity index (χ2n) is 5.94. The summed E-state index contributed by atoms with van der Waals surface area (Å²) >= 11 is 0. The van der Waals surface area contributed by atoms with Crippen LogP contribution in [0.1, 0.15) is 18.4 Å². The number of carboxylic acid groups (broad SMARTS) is 1. The number of esters is 1. The first kappa shape index (κ1) is 14.9. The number of hydrogen-bond acceptors (Lipinski definition) is 4. The Morgan fingerprint density at radius 2 is 2.14 bits per heavy atom. The predicted octanol–water partition coefficient (Wildman–Crippen LogP) is 1.45. The van der Waals surface area contributed by atoms with Crippen molar-refractivity contribution in [3.8, 4) is 0 Å². The monoisotopic (exact) mass is 311 g/mol. The van der Waals surface area contributed by atoms with Crippen molar-refractivity contribution in [1.29, 1.82) is 0 Å². The Morgan fingerprint density at radius 1 is 1.41 bits per heavy atom. The van der Waals surface area contributed by atoms with Crippen LogP contribution in [-0.2, 0) is 20.9 Å². The fraction of sp³-hybridized carbons (Fsp3) is 0.467. The third-order valence-corrected chi connectivity index (χ3v) is 4.69. The molecule has 2 fully saturated rings. The number of aliphatic carboxylic acids is 1. The van der Waals surface area contributed by atoms with E-state index in [1.807, 2.05) is 0 Å². The SMILES string of the molecule is NC1(C(=O)OCc2cc(F)ccc2F)CCC2C(C(=O)O)C21. The summed E-state index contributed by atoms with van der Waals surface area (Å²) in [4.78, 5) is 23.2. The lowest BCUT2D eigenvalue weighted by atomic mass is 9.91. The minimum atomic E-state index is -1.35. The van der Waals surface area contributed by atoms with Crippen molar-refractivity contribution in [1.82, 2.24) is 0 Å². The lowest BCUT2D eigenvalue weighted by Crippen LogP contribution is -2.50. The number of nitrogens with two attached hydrogens (primary N) is 1. The first-order chi connectivity index (χ1) is 10.3. The molecule has 0 saturated heterocycles. The summed E-state index contributed by atoms with van der Waals surface area (Å²) in [6, 6.07) is 2.86. The van der Waals surface area contributed by atoms with Gasteiger partial charge in [-0.1, -0.05) is 0 Å². The minimum absolute atomic E-state index is 0.0860. The summed E-state index contributed by atoms with van der Waals surface area (Å²) < 4.78 is 31.6. The van der Waals surface area contributed by atoms with E-state index in [1.165, 1.54) is 0 Å². The van der Waals surface area contributed by atoms with E-state index in [0.717, 1.165) is 18.2 Å². The highest BCUT2D eigenvalue weighted by molar-refractivity contribution is 5.86. The molecule has 0 aromatic heterocycles. The Hall–Kier alpha value is -2.02. The van der Waals surface area contributed by atoms with Gasteiger partial charge in [0.05, 0.1) is 5.92 Å². The van der Waals surface area contributed by atoms with Crippen LogP contribution in [0.3, 0.4) is 0 Å². The van der Waals surface area contributed by atoms with Gasteiger partial charge in [-0.05, 0) is 37.0 Å². The zero-order chi connectivity index (χ0) is 16.1. The molecule has 2 saturated carbocycles. The van der Waals surface area contributed by atoms with E-state index in [1.54, 1.807) is 0 Å². The fourth-order valence-electron chi connectivity index (χ4n) is 3.51. The fourth-order valence-corrected chi connectivity index (χ4v) is 3.51. The Balaban J connectivity index is 1.67. The molecule has 4 unspecified atom stereocenters. The second kappa shape index (κ2) is 5.01. The van der Waals surface area contributed by atoms with Crippen LogP contribution in [-0.4, -0.2) is 22.6 Å². The molecule has 22 heavy (non-hydrogen) atoms. The van der Waals surface area contributed by atoms with Crippen LogP contribution >= 0.6 is 0 Å². The maximum absolute atomic E-state index is 13.5. The molecule has 2 aliphatic carbocycles. The summed E-state index contributed by atoms with van der Waals surface area (Å²) in [6.45, 7) is -0.434. The summed E-state index contributed by atoms with van der Waals surface area (Å²) in [5.74, 6) is -4.18. The average molecular weight is 311 g/mol. The molecule has 2 aliphatic rings. The third kappa shape index (κ3) is 2.25. The van der Waals surface area contributed by atoms with Crippen LogP contribution in [0.25, 0.3) is 0 Å². The molecule has 0 bridgehead atoms. The summed E-state index contributed by atoms with van der Waals surface area (Å²) in [6.07, 6.45) is 0.901. The van der Waals surface area contributed by atoms with E-state index < -0.39 is 47.6 Å². The van der Waals surface area contributed by atoms with Crippen molar-refractivity contribution >= 4 is 11.9 Å². The molecule has 7 heteroatoms. The average Bonchev–Trinajstić information content (AvgIpc) is 3.12. The summed E-state index contributed by atoms with van der Waals surface area (Å²) in [7, 11) is 0. The number of carboxylic acids is 1. The summed E-state index contributed by atoms with van der Waals surface area (Å²) in [5, 5.41) is 9.05. The molecule has 118 valence electrons. The Kier molecular flexibility index (Phi) is 3.40. The Morgan fingerprint density at radius 3 is 2.77 bits per heavy atom. The van der Waals surface area contributed by atoms with Gasteiger partial charge >= 0.3 is 11.9 Å². The smallest absolute Gasteiger partial charge is 0.326 e. The maximum Gasteiger partial charge on any atom is 0.326 e. The molecule has 3 N–H and O–H groups in total. The van der Waals surface area contributed by atoms with E-state index in [9.17, 15) is 18.4 Å². The Bertz CT molecular complexity index is 650. The first-order valence-corrected chi connectivity index (χ1v) is 6.97. The van der Waals surface area contributed by atoms with Crippen molar-refractivity contribution in [3.05, 3.63) is 35.4 Å². The van der Waals surface area contributed by atoms with Crippen LogP contribution in [0.5, 0.6) is 0 Å². The zero-order valence-electron chi connectivity index (χ0n) is 11.6. The molecule has 1 aromatic carbocycles. The van der Waals surface area contributed by atoms with E-state index in [2.05, 4.69) is 0 Å². The molecule has 0 amide bonds. The maximum atomic E-state index is 13.5. The molecule has 1 aromatic rings. The molecule has 3 rings (SSSR count). The standard InChI is InChI=1S/C15H15F2NO4/c16-8-1-2-10(17)7(5-8)6-22-14(21)15(18)4-3-9-11(12(9)15)13(19)20/h1-2,5,9,11-12H,3-4,6,18H2,(H,19,20). The van der Waals surface area contributed by atoms with Gasteiger partial charge in [-0.15, -0.1) is 0 Å². The number of fused-ring (bicyclic) bond motifs is 1. The van der Waals surface area contributed by atoms with Crippen LogP contribution in [0.2, 0.25) is 0 Å². The van der Waals surface area contributed by atoms with Gasteiger partial charge in [-0.3, -0.25) is 9.59 Å². The van der Waals surface area contributed by atoms with Gasteiger partial charge in [0.25, 0.3) is 0 Å². The molecule has 0 radical (unpaired) electrons. The summed E-state index contributed by atoms with van der Waals surface area (Å²) in [5.41, 5.74) is 4.61. The number of carbonyl (C=O) groups excluding carboxylic acids is 1. The van der Waals surface area contributed by atoms with E-state index >= 15 is 0 Å². The van der Waals surface area contributed by atoms with Crippen molar-refractivity contribution < 1.29 is 28.2 Å². The molecule has 4 atom stereocenters. The largest absolute Gasteiger partial charge is 0.481 e. The first-order valence-electron chi connectivity index (χ1n) is 6.97. The second-order valence-corrected chi connectivity index (χ2v) is 5.94. The third-order valence-electron chi connectivity index (χ3n) is 4.69. The van der Waals surface area contributed by atoms with E-state index in [0.29, 0.717) is 12.8 Å². The zero-order valence-corrected chi connectivity index (χ0v) is 11.6. The highest BCUT2D eigenvalue weighted by atomic mass is 19.1. The van der Waals surface area contributed by atoms with Crippen molar-refractivity contribution in [2.75, 3.05) is 0 Å². The van der Waals surface area contributed by atoms with Crippen molar-refractivity contribution in [2.24, 2.45) is 23.5 Å². The number of halogens is 2. The molecule has 5 nitrogen and oxygen atoms in total. The number of rotatable bonds is 4. The highest BCUT2D eigenvalue weighted by Crippen LogP contribution is 2.61. The van der Waals surface area contributed by atoms with E-state index in [4.69, 9.17) is 15.6 Å². The number of ether oxygens (including phenoxy) is 1. The van der Waals surface area contributed by atoms with Gasteiger partial charge in [0.1, 0.15) is 23.8 Å². The lowest BCUT2D eigenvalue weighted by Gasteiger charge is -2.24. The number of hydrogen-bond donors (Lipinski definition) is 2. The van der Waals surface area contributed by atoms with Gasteiger partial charge < -0.3 is 15.6 Å². The normalized spacial score (nSPS) is 32.4. The van der Waals surface area contributed by atoms with Gasteiger partial charge in [-0.25, -0.2) is 8.78 Å². The van der Waals surface area contributed by atoms with Crippen LogP contribution in [0.15, 0.2) is 18.2 Å². The van der Waals surface area contributed by atoms with Crippen LogP contribution < -0.4 is 5.73 Å². The van der Waals surface area contributed by atoms with Crippen molar-refractivity contribution in [2.45, 2.75) is 25.0 Å². The van der Waals surface area contributed by atoms with Gasteiger partial charge in [0, 0.05) is 11.5 Å². The van der Waals surface area contributed by atoms with E-state index in [-0.39, 0.29) is 11.5 Å². The Labute approximate surface area is 125 Å². The van der Waals surface area contributed by atoms with Gasteiger partial charge in [-0.2, -0.15) is 0 Å². The molecule has 0 heterocycles. The number of carbonyl (C=O) groups is 2.